The van der Waals surface area contributed by atoms with Crippen LogP contribution in [-0.2, 0) is 16.2 Å². The summed E-state index contributed by atoms with van der Waals surface area (Å²) in [5.74, 6) is 0.771. The van der Waals surface area contributed by atoms with Crippen molar-refractivity contribution in [3.63, 3.8) is 0 Å². The van der Waals surface area contributed by atoms with Gasteiger partial charge in [0.2, 0.25) is 0 Å². The van der Waals surface area contributed by atoms with Crippen molar-refractivity contribution in [3.05, 3.63) is 58.7 Å². The molecule has 0 aliphatic heterocycles. The fraction of sp³-hybridized carbons (Fsp3) is 0.556. The lowest BCUT2D eigenvalue weighted by atomic mass is 9.62. The summed E-state index contributed by atoms with van der Waals surface area (Å²) < 4.78 is 0. The first-order valence-electron chi connectivity index (χ1n) is 11.1. The van der Waals surface area contributed by atoms with E-state index in [1.165, 1.54) is 36.8 Å². The van der Waals surface area contributed by atoms with E-state index in [2.05, 4.69) is 53.7 Å². The third-order valence-electron chi connectivity index (χ3n) is 6.57. The highest BCUT2D eigenvalue weighted by molar-refractivity contribution is 5.57. The van der Waals surface area contributed by atoms with Gasteiger partial charge in [0, 0.05) is 16.5 Å². The smallest absolute Gasteiger partial charge is 0.119 e. The lowest BCUT2D eigenvalue weighted by molar-refractivity contribution is 0.392. The van der Waals surface area contributed by atoms with Gasteiger partial charge in [-0.3, -0.25) is 0 Å². The minimum atomic E-state index is -0.195. The predicted molar refractivity (Wildman–Crippen MR) is 122 cm³/mol. The van der Waals surface area contributed by atoms with Gasteiger partial charge < -0.3 is 10.2 Å². The SMILES string of the molecule is CC(C)(C)c1c(O)cccc1C1(c2cccc(O)c2C(C)(C)C)CCCCCC1. The van der Waals surface area contributed by atoms with Gasteiger partial charge in [-0.25, -0.2) is 0 Å². The van der Waals surface area contributed by atoms with Crippen LogP contribution in [0.3, 0.4) is 0 Å². The maximum atomic E-state index is 10.9. The van der Waals surface area contributed by atoms with E-state index >= 15 is 0 Å². The number of rotatable bonds is 2. The molecule has 0 atom stereocenters. The Morgan fingerprint density at radius 3 is 1.34 bits per heavy atom. The third-order valence-corrected chi connectivity index (χ3v) is 6.57. The van der Waals surface area contributed by atoms with Crippen LogP contribution >= 0.6 is 0 Å². The second kappa shape index (κ2) is 7.70. The molecular formula is C27H38O2. The standard InChI is InChI=1S/C27H38O2/c1-25(2,3)23-19(13-11-15-21(23)28)27(17-9-7-8-10-18-27)20-14-12-16-22(29)24(20)26(4,5)6/h11-16,28-29H,7-10,17-18H2,1-6H3. The van der Waals surface area contributed by atoms with E-state index in [0.717, 1.165) is 24.0 Å². The van der Waals surface area contributed by atoms with Crippen LogP contribution in [0.5, 0.6) is 11.5 Å². The van der Waals surface area contributed by atoms with Crippen LogP contribution in [0.15, 0.2) is 36.4 Å². The van der Waals surface area contributed by atoms with E-state index in [1.807, 2.05) is 24.3 Å². The van der Waals surface area contributed by atoms with Crippen LogP contribution in [-0.4, -0.2) is 10.2 Å². The van der Waals surface area contributed by atoms with Crippen LogP contribution in [0.4, 0.5) is 0 Å². The van der Waals surface area contributed by atoms with Crippen LogP contribution in [0.2, 0.25) is 0 Å². The monoisotopic (exact) mass is 394 g/mol. The van der Waals surface area contributed by atoms with Crippen molar-refractivity contribution < 1.29 is 10.2 Å². The van der Waals surface area contributed by atoms with Crippen molar-refractivity contribution in [1.29, 1.82) is 0 Å². The maximum Gasteiger partial charge on any atom is 0.119 e. The molecular weight excluding hydrogens is 356 g/mol. The van der Waals surface area contributed by atoms with Gasteiger partial charge in [-0.15, -0.1) is 0 Å². The highest BCUT2D eigenvalue weighted by Gasteiger charge is 2.42. The number of aromatic hydroxyl groups is 2. The first kappa shape index (κ1) is 21.7. The molecule has 0 saturated heterocycles. The molecule has 2 aromatic rings. The molecule has 1 saturated carbocycles. The van der Waals surface area contributed by atoms with Crippen LogP contribution in [0.25, 0.3) is 0 Å². The van der Waals surface area contributed by atoms with Gasteiger partial charge in [-0.1, -0.05) is 91.5 Å². The average Bonchev–Trinajstić information content (AvgIpc) is 2.86. The number of benzene rings is 2. The average molecular weight is 395 g/mol. The summed E-state index contributed by atoms with van der Waals surface area (Å²) in [5, 5.41) is 21.8. The number of hydrogen-bond donors (Lipinski definition) is 2. The van der Waals surface area contributed by atoms with Crippen LogP contribution < -0.4 is 0 Å². The molecule has 1 aliphatic carbocycles. The Balaban J connectivity index is 2.41. The first-order chi connectivity index (χ1) is 13.5. The maximum absolute atomic E-state index is 10.9. The van der Waals surface area contributed by atoms with E-state index in [9.17, 15) is 10.2 Å². The Kier molecular flexibility index (Phi) is 5.77. The Hall–Kier alpha value is -1.96. The number of phenols is 2. The van der Waals surface area contributed by atoms with Crippen molar-refractivity contribution >= 4 is 0 Å². The summed E-state index contributed by atoms with van der Waals surface area (Å²) in [6, 6.07) is 12.1. The van der Waals surface area contributed by atoms with Gasteiger partial charge in [0.05, 0.1) is 0 Å². The molecule has 2 nitrogen and oxygen atoms in total. The van der Waals surface area contributed by atoms with Gasteiger partial charge in [-0.05, 0) is 46.9 Å². The van der Waals surface area contributed by atoms with Crippen molar-refractivity contribution in [3.8, 4) is 11.5 Å². The molecule has 2 N–H and O–H groups in total. The van der Waals surface area contributed by atoms with E-state index in [1.54, 1.807) is 0 Å². The lowest BCUT2D eigenvalue weighted by Crippen LogP contribution is -2.34. The second-order valence-electron chi connectivity index (χ2n) is 10.9. The van der Waals surface area contributed by atoms with Crippen molar-refractivity contribution in [2.75, 3.05) is 0 Å². The van der Waals surface area contributed by atoms with Crippen molar-refractivity contribution in [1.82, 2.24) is 0 Å². The number of phenolic OH excluding ortho intramolecular Hbond substituents is 2. The molecule has 1 fully saturated rings. The fourth-order valence-electron chi connectivity index (χ4n) is 5.47. The molecule has 0 unspecified atom stereocenters. The molecule has 0 heterocycles. The lowest BCUT2D eigenvalue weighted by Gasteiger charge is -2.42. The molecule has 29 heavy (non-hydrogen) atoms. The quantitative estimate of drug-likeness (QED) is 0.523. The summed E-state index contributed by atoms with van der Waals surface area (Å²) >= 11 is 0. The molecule has 2 aromatic carbocycles. The zero-order chi connectivity index (χ0) is 21.4. The summed E-state index contributed by atoms with van der Waals surface area (Å²) in [6.45, 7) is 13.1. The van der Waals surface area contributed by atoms with E-state index in [-0.39, 0.29) is 16.2 Å². The zero-order valence-corrected chi connectivity index (χ0v) is 19.1. The minimum absolute atomic E-state index is 0.168. The fourth-order valence-corrected chi connectivity index (χ4v) is 5.47. The van der Waals surface area contributed by atoms with Gasteiger partial charge in [-0.2, -0.15) is 0 Å². The largest absolute Gasteiger partial charge is 0.508 e. The summed E-state index contributed by atoms with van der Waals surface area (Å²) in [5.41, 5.74) is 4.04. The minimum Gasteiger partial charge on any atom is -0.508 e. The van der Waals surface area contributed by atoms with E-state index < -0.39 is 0 Å². The number of hydrogen-bond acceptors (Lipinski definition) is 2. The summed E-state index contributed by atoms with van der Waals surface area (Å²) in [6.07, 6.45) is 6.92. The Bertz CT molecular complexity index is 792. The van der Waals surface area contributed by atoms with Crippen LogP contribution in [0, 0.1) is 0 Å². The molecule has 1 aliphatic rings. The molecule has 0 bridgehead atoms. The van der Waals surface area contributed by atoms with Gasteiger partial charge >= 0.3 is 0 Å². The van der Waals surface area contributed by atoms with Crippen LogP contribution in [0.1, 0.15) is 102 Å². The highest BCUT2D eigenvalue weighted by atomic mass is 16.3. The Labute approximate surface area is 177 Å². The molecule has 0 amide bonds. The molecule has 2 heteroatoms. The normalized spacial score (nSPS) is 17.7. The van der Waals surface area contributed by atoms with E-state index in [4.69, 9.17) is 0 Å². The second-order valence-corrected chi connectivity index (χ2v) is 10.9. The molecule has 3 rings (SSSR count). The molecule has 0 spiro atoms. The predicted octanol–water partition coefficient (Wildman–Crippen LogP) is 7.33. The van der Waals surface area contributed by atoms with Gasteiger partial charge in [0.15, 0.2) is 0 Å². The Morgan fingerprint density at radius 1 is 0.621 bits per heavy atom. The molecule has 0 aromatic heterocycles. The van der Waals surface area contributed by atoms with Crippen molar-refractivity contribution in [2.24, 2.45) is 0 Å². The van der Waals surface area contributed by atoms with E-state index in [0.29, 0.717) is 11.5 Å². The zero-order valence-electron chi connectivity index (χ0n) is 19.1. The molecule has 0 radical (unpaired) electrons. The first-order valence-corrected chi connectivity index (χ1v) is 11.1. The topological polar surface area (TPSA) is 40.5 Å². The van der Waals surface area contributed by atoms with Gasteiger partial charge in [0.1, 0.15) is 11.5 Å². The highest BCUT2D eigenvalue weighted by Crippen LogP contribution is 2.52. The Morgan fingerprint density at radius 2 is 1.00 bits per heavy atom. The summed E-state index contributed by atoms with van der Waals surface area (Å²) in [4.78, 5) is 0. The van der Waals surface area contributed by atoms with Gasteiger partial charge in [0.25, 0.3) is 0 Å². The third kappa shape index (κ3) is 4.04. The molecule has 158 valence electrons. The summed E-state index contributed by atoms with van der Waals surface area (Å²) in [7, 11) is 0. The van der Waals surface area contributed by atoms with Crippen molar-refractivity contribution in [2.45, 2.75) is 96.3 Å².